The summed E-state index contributed by atoms with van der Waals surface area (Å²) in [5, 5.41) is 0. The van der Waals surface area contributed by atoms with E-state index in [0.29, 0.717) is 0 Å². The van der Waals surface area contributed by atoms with Crippen LogP contribution in [-0.4, -0.2) is 4.98 Å². The van der Waals surface area contributed by atoms with Crippen molar-refractivity contribution in [1.29, 1.82) is 0 Å². The van der Waals surface area contributed by atoms with Crippen LogP contribution in [0.4, 0.5) is 0 Å². The van der Waals surface area contributed by atoms with Gasteiger partial charge >= 0.3 is 0 Å². The Morgan fingerprint density at radius 1 is 0.818 bits per heavy atom. The zero-order valence-electron chi connectivity index (χ0n) is 19.5. The topological polar surface area (TPSA) is 12.9 Å². The third kappa shape index (κ3) is 4.59. The highest BCUT2D eigenvalue weighted by Crippen LogP contribution is 2.45. The highest BCUT2D eigenvalue weighted by atomic mass is 14.8. The molecule has 4 rings (SSSR count). The first kappa shape index (κ1) is 22.5. The smallest absolute Gasteiger partial charge is 0.0707 e. The number of rotatable bonds is 7. The van der Waals surface area contributed by atoms with Crippen LogP contribution < -0.4 is 0 Å². The Bertz CT molecular complexity index is 1240. The largest absolute Gasteiger partial charge is 0.248 e. The van der Waals surface area contributed by atoms with Crippen molar-refractivity contribution < 1.29 is 0 Å². The van der Waals surface area contributed by atoms with Gasteiger partial charge in [-0.25, -0.2) is 4.98 Å². The number of pyridine rings is 1. The predicted molar refractivity (Wildman–Crippen MR) is 144 cm³/mol. The van der Waals surface area contributed by atoms with Crippen LogP contribution >= 0.6 is 0 Å². The number of allylic oxidation sites excluding steroid dienone is 13. The van der Waals surface area contributed by atoms with Gasteiger partial charge in [0.05, 0.1) is 11.4 Å². The molecule has 0 unspecified atom stereocenters. The second-order valence-corrected chi connectivity index (χ2v) is 8.34. The highest BCUT2D eigenvalue weighted by molar-refractivity contribution is 5.88. The van der Waals surface area contributed by atoms with Crippen LogP contribution in [0.3, 0.4) is 0 Å². The second kappa shape index (κ2) is 10.3. The second-order valence-electron chi connectivity index (χ2n) is 8.34. The molecule has 0 saturated carbocycles. The molecule has 0 aliphatic heterocycles. The van der Waals surface area contributed by atoms with Gasteiger partial charge in [0, 0.05) is 0 Å². The Hall–Kier alpha value is -3.71. The molecule has 0 atom stereocenters. The summed E-state index contributed by atoms with van der Waals surface area (Å²) in [5.74, 6) is 0. The SMILES string of the molecule is C=C\C=C/C(=C\C)/C=C1\CCc2c1nc1c(c2-c2ccccc2)CC/C1=C\C(C=C)=C\C=C. The summed E-state index contributed by atoms with van der Waals surface area (Å²) in [4.78, 5) is 5.30. The van der Waals surface area contributed by atoms with Gasteiger partial charge in [-0.05, 0) is 89.3 Å². The van der Waals surface area contributed by atoms with E-state index in [4.69, 9.17) is 4.98 Å². The van der Waals surface area contributed by atoms with E-state index >= 15 is 0 Å². The Balaban J connectivity index is 1.93. The average molecular weight is 430 g/mol. The van der Waals surface area contributed by atoms with Gasteiger partial charge < -0.3 is 0 Å². The molecule has 164 valence electrons. The van der Waals surface area contributed by atoms with Crippen molar-refractivity contribution in [2.45, 2.75) is 32.6 Å². The number of hydrogen-bond donors (Lipinski definition) is 0. The molecule has 0 bridgehead atoms. The monoisotopic (exact) mass is 429 g/mol. The molecular weight excluding hydrogens is 398 g/mol. The fourth-order valence-electron chi connectivity index (χ4n) is 4.79. The maximum atomic E-state index is 5.30. The molecule has 1 heteroatoms. The number of benzene rings is 1. The van der Waals surface area contributed by atoms with Crippen molar-refractivity contribution in [3.63, 3.8) is 0 Å². The normalized spacial score (nSPS) is 18.1. The molecule has 2 aliphatic carbocycles. The summed E-state index contributed by atoms with van der Waals surface area (Å²) in [6.45, 7) is 13.7. The van der Waals surface area contributed by atoms with Crippen LogP contribution in [0.15, 0.2) is 116 Å². The highest BCUT2D eigenvalue weighted by Gasteiger charge is 2.30. The van der Waals surface area contributed by atoms with Crippen molar-refractivity contribution in [3.8, 4) is 11.1 Å². The lowest BCUT2D eigenvalue weighted by molar-refractivity contribution is 1.04. The molecule has 1 heterocycles. The summed E-state index contributed by atoms with van der Waals surface area (Å²) >= 11 is 0. The fraction of sp³-hybridized carbons (Fsp3) is 0.156. The van der Waals surface area contributed by atoms with E-state index in [1.165, 1.54) is 39.0 Å². The lowest BCUT2D eigenvalue weighted by Gasteiger charge is -2.15. The minimum atomic E-state index is 0.995. The van der Waals surface area contributed by atoms with Crippen LogP contribution in [0, 0.1) is 0 Å². The number of aromatic nitrogens is 1. The van der Waals surface area contributed by atoms with Crippen molar-refractivity contribution in [3.05, 3.63) is 138 Å². The van der Waals surface area contributed by atoms with Gasteiger partial charge in [-0.3, -0.25) is 0 Å². The predicted octanol–water partition coefficient (Wildman–Crippen LogP) is 8.39. The molecule has 0 amide bonds. The van der Waals surface area contributed by atoms with E-state index < -0.39 is 0 Å². The zero-order valence-corrected chi connectivity index (χ0v) is 19.5. The molecule has 1 aromatic heterocycles. The molecular formula is C32H31N. The lowest BCUT2D eigenvalue weighted by Crippen LogP contribution is -2.00. The van der Waals surface area contributed by atoms with Crippen LogP contribution in [0.5, 0.6) is 0 Å². The molecule has 1 nitrogen and oxygen atoms in total. The third-order valence-electron chi connectivity index (χ3n) is 6.34. The van der Waals surface area contributed by atoms with E-state index in [2.05, 4.69) is 81.3 Å². The zero-order chi connectivity index (χ0) is 23.2. The minimum Gasteiger partial charge on any atom is -0.248 e. The summed E-state index contributed by atoms with van der Waals surface area (Å²) in [6, 6.07) is 10.8. The quantitative estimate of drug-likeness (QED) is 0.403. The van der Waals surface area contributed by atoms with Crippen molar-refractivity contribution in [2.75, 3.05) is 0 Å². The molecule has 0 spiro atoms. The molecule has 0 fully saturated rings. The first-order chi connectivity index (χ1) is 16.2. The fourth-order valence-corrected chi connectivity index (χ4v) is 4.79. The summed E-state index contributed by atoms with van der Waals surface area (Å²) in [6.07, 6.45) is 22.3. The third-order valence-corrected chi connectivity index (χ3v) is 6.34. The van der Waals surface area contributed by atoms with Crippen molar-refractivity contribution in [2.24, 2.45) is 0 Å². The minimum absolute atomic E-state index is 0.995. The first-order valence-electron chi connectivity index (χ1n) is 11.6. The van der Waals surface area contributed by atoms with Gasteiger partial charge in [0.1, 0.15) is 0 Å². The molecule has 0 radical (unpaired) electrons. The van der Waals surface area contributed by atoms with E-state index in [9.17, 15) is 0 Å². The Labute approximate surface area is 198 Å². The summed E-state index contributed by atoms with van der Waals surface area (Å²) in [7, 11) is 0. The standard InChI is InChI=1S/C32H31N/c1-5-9-14-24(8-4)22-27-18-20-29-30(25-15-11-10-12-16-25)28-19-17-26(31(28)33-32(27)29)21-23(7-3)13-6-2/h5-16,21-22H,1-3,17-20H2,4H3/b14-9-,23-13+,24-8+,26-21+,27-22+. The molecule has 33 heavy (non-hydrogen) atoms. The number of hydrogen-bond acceptors (Lipinski definition) is 1. The van der Waals surface area contributed by atoms with Crippen LogP contribution in [-0.2, 0) is 12.8 Å². The van der Waals surface area contributed by atoms with Gasteiger partial charge in [0.2, 0.25) is 0 Å². The Morgan fingerprint density at radius 3 is 2.00 bits per heavy atom. The number of fused-ring (bicyclic) bond motifs is 2. The van der Waals surface area contributed by atoms with E-state index in [0.717, 1.165) is 42.6 Å². The van der Waals surface area contributed by atoms with Crippen molar-refractivity contribution >= 4 is 11.1 Å². The molecule has 0 saturated heterocycles. The van der Waals surface area contributed by atoms with Gasteiger partial charge in [-0.2, -0.15) is 0 Å². The van der Waals surface area contributed by atoms with Gasteiger partial charge in [-0.1, -0.05) is 92.6 Å². The Kier molecular flexibility index (Phi) is 7.00. The van der Waals surface area contributed by atoms with Gasteiger partial charge in [0.15, 0.2) is 0 Å². The first-order valence-corrected chi connectivity index (χ1v) is 11.6. The average Bonchev–Trinajstić information content (AvgIpc) is 3.44. The van der Waals surface area contributed by atoms with Crippen molar-refractivity contribution in [1.82, 2.24) is 4.98 Å². The maximum absolute atomic E-state index is 5.30. The van der Waals surface area contributed by atoms with Crippen LogP contribution in [0.2, 0.25) is 0 Å². The van der Waals surface area contributed by atoms with E-state index in [1.807, 2.05) is 30.4 Å². The van der Waals surface area contributed by atoms with Crippen LogP contribution in [0.25, 0.3) is 22.3 Å². The summed E-state index contributed by atoms with van der Waals surface area (Å²) < 4.78 is 0. The lowest BCUT2D eigenvalue weighted by atomic mass is 9.93. The van der Waals surface area contributed by atoms with E-state index in [1.54, 1.807) is 0 Å². The Morgan fingerprint density at radius 2 is 1.45 bits per heavy atom. The molecule has 1 aromatic carbocycles. The van der Waals surface area contributed by atoms with E-state index in [-0.39, 0.29) is 0 Å². The van der Waals surface area contributed by atoms with Gasteiger partial charge in [0.25, 0.3) is 0 Å². The van der Waals surface area contributed by atoms with Gasteiger partial charge in [-0.15, -0.1) is 0 Å². The maximum Gasteiger partial charge on any atom is 0.0707 e. The molecule has 2 aromatic rings. The molecule has 0 N–H and O–H groups in total. The molecule has 2 aliphatic rings. The van der Waals surface area contributed by atoms with Crippen LogP contribution in [0.1, 0.15) is 42.3 Å². The summed E-state index contributed by atoms with van der Waals surface area (Å²) in [5.41, 5.74) is 12.6. The number of nitrogens with zero attached hydrogens (tertiary/aromatic N) is 1.